The molecule has 0 bridgehead atoms. The maximum atomic E-state index is 5.41. The number of benzene rings is 3. The number of thiocarbonyl (C=S) groups is 1. The fourth-order valence-electron chi connectivity index (χ4n) is 3.43. The number of hydrogen-bond donors (Lipinski definition) is 0. The molecule has 0 unspecified atom stereocenters. The van der Waals surface area contributed by atoms with Crippen LogP contribution in [-0.2, 0) is 0 Å². The summed E-state index contributed by atoms with van der Waals surface area (Å²) in [7, 11) is -1.54. The van der Waals surface area contributed by atoms with Crippen molar-refractivity contribution in [2.24, 2.45) is 0 Å². The summed E-state index contributed by atoms with van der Waals surface area (Å²) in [5, 5.41) is 0. The van der Waals surface area contributed by atoms with E-state index in [1.54, 1.807) is 0 Å². The normalized spacial score (nSPS) is 14.8. The van der Waals surface area contributed by atoms with Gasteiger partial charge in [0.2, 0.25) is 0 Å². The molecule has 3 aromatic carbocycles. The van der Waals surface area contributed by atoms with Gasteiger partial charge in [0.15, 0.2) is 0 Å². The molecular formula is C24H20S2. The van der Waals surface area contributed by atoms with Crippen molar-refractivity contribution in [3.63, 3.8) is 0 Å². The molecule has 0 heterocycles. The van der Waals surface area contributed by atoms with Crippen LogP contribution in [0.25, 0.3) is 0 Å². The molecule has 0 aliphatic heterocycles. The Morgan fingerprint density at radius 3 is 1.35 bits per heavy atom. The summed E-state index contributed by atoms with van der Waals surface area (Å²) < 4.78 is 0. The lowest BCUT2D eigenvalue weighted by Crippen LogP contribution is -2.08. The highest BCUT2D eigenvalue weighted by atomic mass is 32.3. The molecule has 0 amide bonds. The van der Waals surface area contributed by atoms with Crippen LogP contribution in [0.1, 0.15) is 6.42 Å². The average Bonchev–Trinajstić information content (AvgIpc) is 2.72. The van der Waals surface area contributed by atoms with Crippen molar-refractivity contribution in [3.8, 4) is 0 Å². The van der Waals surface area contributed by atoms with Crippen molar-refractivity contribution >= 4 is 27.1 Å². The van der Waals surface area contributed by atoms with E-state index in [1.807, 2.05) is 0 Å². The lowest BCUT2D eigenvalue weighted by Gasteiger charge is -2.43. The van der Waals surface area contributed by atoms with Crippen LogP contribution in [0.4, 0.5) is 0 Å². The van der Waals surface area contributed by atoms with Crippen molar-refractivity contribution in [1.82, 2.24) is 0 Å². The molecule has 0 radical (unpaired) electrons. The third-order valence-electron chi connectivity index (χ3n) is 4.58. The topological polar surface area (TPSA) is 0 Å². The van der Waals surface area contributed by atoms with E-state index in [2.05, 4.69) is 109 Å². The molecule has 3 aromatic rings. The molecule has 1 aliphatic carbocycles. The van der Waals surface area contributed by atoms with Gasteiger partial charge in [-0.3, -0.25) is 0 Å². The van der Waals surface area contributed by atoms with E-state index < -0.39 is 10.0 Å². The Labute approximate surface area is 162 Å². The number of hydrogen-bond acceptors (Lipinski definition) is 1. The van der Waals surface area contributed by atoms with Gasteiger partial charge in [-0.1, -0.05) is 72.9 Å². The van der Waals surface area contributed by atoms with Gasteiger partial charge < -0.3 is 0 Å². The van der Waals surface area contributed by atoms with Crippen LogP contribution in [0, 0.1) is 0 Å². The maximum Gasteiger partial charge on any atom is 0.0190 e. The Balaban J connectivity index is 2.08. The molecule has 0 fully saturated rings. The summed E-state index contributed by atoms with van der Waals surface area (Å²) in [5.41, 5.74) is 0. The molecule has 128 valence electrons. The van der Waals surface area contributed by atoms with Crippen LogP contribution in [0.5, 0.6) is 0 Å². The highest BCUT2D eigenvalue weighted by Gasteiger charge is 2.34. The zero-order valence-electron chi connectivity index (χ0n) is 14.4. The minimum Gasteiger partial charge on any atom is -0.133 e. The third kappa shape index (κ3) is 2.96. The van der Waals surface area contributed by atoms with Gasteiger partial charge in [-0.15, -0.1) is 10.0 Å². The SMILES string of the molecule is S=C1C=CC(S(c2ccccc2)(c2ccccc2)c2ccccc2)=CC1. The predicted molar refractivity (Wildman–Crippen MR) is 116 cm³/mol. The molecule has 0 nitrogen and oxygen atoms in total. The van der Waals surface area contributed by atoms with Crippen LogP contribution in [0.15, 0.2) is 129 Å². The van der Waals surface area contributed by atoms with Gasteiger partial charge in [-0.2, -0.15) is 0 Å². The molecule has 0 spiro atoms. The summed E-state index contributed by atoms with van der Waals surface area (Å²) >= 11 is 5.41. The molecule has 1 aliphatic rings. The molecular weight excluding hydrogens is 352 g/mol. The standard InChI is InChI=1S/C24H20S2/c25-20-16-18-24(19-17-20)26(21-10-4-1-5-11-21,22-12-6-2-7-13-22)23-14-8-3-9-15-23/h1-16,18-19H,17H2. The smallest absolute Gasteiger partial charge is 0.0190 e. The fourth-order valence-corrected chi connectivity index (χ4v) is 7.52. The van der Waals surface area contributed by atoms with Crippen LogP contribution in [0.2, 0.25) is 0 Å². The third-order valence-corrected chi connectivity index (χ3v) is 8.83. The Kier molecular flexibility index (Phi) is 4.87. The largest absolute Gasteiger partial charge is 0.133 e. The Hall–Kier alpha value is -2.42. The van der Waals surface area contributed by atoms with Gasteiger partial charge >= 0.3 is 0 Å². The predicted octanol–water partition coefficient (Wildman–Crippen LogP) is 7.18. The Bertz CT molecular complexity index is 858. The highest BCUT2D eigenvalue weighted by molar-refractivity contribution is 8.37. The first kappa shape index (κ1) is 17.0. The van der Waals surface area contributed by atoms with E-state index in [9.17, 15) is 0 Å². The van der Waals surface area contributed by atoms with Gasteiger partial charge in [0.05, 0.1) is 0 Å². The Morgan fingerprint density at radius 2 is 1.00 bits per heavy atom. The second-order valence-corrected chi connectivity index (χ2v) is 9.80. The fraction of sp³-hybridized carbons (Fsp3) is 0.0417. The number of allylic oxidation sites excluding steroid dienone is 3. The van der Waals surface area contributed by atoms with Gasteiger partial charge in [-0.25, -0.2) is 0 Å². The van der Waals surface area contributed by atoms with E-state index in [1.165, 1.54) is 19.6 Å². The summed E-state index contributed by atoms with van der Waals surface area (Å²) in [6.45, 7) is 0. The molecule has 0 atom stereocenters. The molecule has 26 heavy (non-hydrogen) atoms. The second-order valence-electron chi connectivity index (χ2n) is 6.16. The average molecular weight is 373 g/mol. The van der Waals surface area contributed by atoms with Crippen molar-refractivity contribution in [3.05, 3.63) is 114 Å². The second kappa shape index (κ2) is 7.45. The van der Waals surface area contributed by atoms with E-state index in [4.69, 9.17) is 12.2 Å². The first-order valence-electron chi connectivity index (χ1n) is 8.71. The van der Waals surface area contributed by atoms with E-state index in [0.717, 1.165) is 11.3 Å². The first-order valence-corrected chi connectivity index (χ1v) is 10.8. The van der Waals surface area contributed by atoms with E-state index >= 15 is 0 Å². The quantitative estimate of drug-likeness (QED) is 0.437. The van der Waals surface area contributed by atoms with Crippen molar-refractivity contribution in [2.45, 2.75) is 21.1 Å². The number of rotatable bonds is 4. The minimum absolute atomic E-state index is 0.836. The van der Waals surface area contributed by atoms with Crippen LogP contribution in [0.3, 0.4) is 0 Å². The van der Waals surface area contributed by atoms with Crippen LogP contribution >= 0.6 is 22.2 Å². The van der Waals surface area contributed by atoms with Gasteiger partial charge in [0.25, 0.3) is 0 Å². The molecule has 2 heteroatoms. The summed E-state index contributed by atoms with van der Waals surface area (Å²) in [6.07, 6.45) is 7.49. The minimum atomic E-state index is -1.54. The molecule has 0 saturated carbocycles. The van der Waals surface area contributed by atoms with Crippen molar-refractivity contribution in [2.75, 3.05) is 0 Å². The van der Waals surface area contributed by atoms with Gasteiger partial charge in [-0.05, 0) is 53.5 Å². The summed E-state index contributed by atoms with van der Waals surface area (Å²) in [6, 6.07) is 32.7. The van der Waals surface area contributed by atoms with Crippen LogP contribution < -0.4 is 0 Å². The van der Waals surface area contributed by atoms with Crippen molar-refractivity contribution < 1.29 is 0 Å². The van der Waals surface area contributed by atoms with Crippen molar-refractivity contribution in [1.29, 1.82) is 0 Å². The highest BCUT2D eigenvalue weighted by Crippen LogP contribution is 2.73. The monoisotopic (exact) mass is 372 g/mol. The maximum absolute atomic E-state index is 5.41. The van der Waals surface area contributed by atoms with Crippen LogP contribution in [-0.4, -0.2) is 4.86 Å². The molecule has 0 saturated heterocycles. The van der Waals surface area contributed by atoms with Gasteiger partial charge in [0, 0.05) is 26.0 Å². The lowest BCUT2D eigenvalue weighted by molar-refractivity contribution is 1.29. The molecule has 0 aromatic heterocycles. The molecule has 4 rings (SSSR count). The first-order chi connectivity index (χ1) is 12.8. The summed E-state index contributed by atoms with van der Waals surface area (Å²) in [4.78, 5) is 6.40. The zero-order valence-corrected chi connectivity index (χ0v) is 16.0. The Morgan fingerprint density at radius 1 is 0.577 bits per heavy atom. The summed E-state index contributed by atoms with van der Waals surface area (Å²) in [5.74, 6) is 0. The zero-order chi connectivity index (χ0) is 17.8. The van der Waals surface area contributed by atoms with Gasteiger partial charge in [0.1, 0.15) is 0 Å². The van der Waals surface area contributed by atoms with E-state index in [-0.39, 0.29) is 0 Å². The van der Waals surface area contributed by atoms with E-state index in [0.29, 0.717) is 0 Å². The lowest BCUT2D eigenvalue weighted by atomic mass is 10.2. The molecule has 0 N–H and O–H groups in total.